The summed E-state index contributed by atoms with van der Waals surface area (Å²) in [5, 5.41) is 123. The van der Waals surface area contributed by atoms with E-state index in [2.05, 4.69) is 0 Å². The van der Waals surface area contributed by atoms with Crippen LogP contribution in [0.2, 0.25) is 0 Å². The Hall–Kier alpha value is -3.75. The summed E-state index contributed by atoms with van der Waals surface area (Å²) >= 11 is 0. The largest absolute Gasteiger partial charge is 0.504 e. The van der Waals surface area contributed by atoms with Crippen molar-refractivity contribution in [3.63, 3.8) is 0 Å². The van der Waals surface area contributed by atoms with Crippen molar-refractivity contribution in [2.75, 3.05) is 26.9 Å². The maximum atomic E-state index is 13.3. The zero-order valence-electron chi connectivity index (χ0n) is 30.5. The number of phenolic OH excluding ortho intramolecular Hbond substituents is 4. The molecule has 0 saturated carbocycles. The summed E-state index contributed by atoms with van der Waals surface area (Å²) in [6.07, 6.45) is -23.9. The number of methoxy groups -OCH3 is 1. The van der Waals surface area contributed by atoms with Crippen LogP contribution >= 0.6 is 0 Å². The van der Waals surface area contributed by atoms with Crippen LogP contribution in [0.5, 0.6) is 23.0 Å². The molecule has 2 aromatic rings. The molecule has 57 heavy (non-hydrogen) atoms. The van der Waals surface area contributed by atoms with Crippen molar-refractivity contribution in [3.8, 4) is 23.0 Å². The zero-order chi connectivity index (χ0) is 41.7. The first-order valence-electron chi connectivity index (χ1n) is 17.7. The number of benzene rings is 2. The Morgan fingerprint density at radius 1 is 0.702 bits per heavy atom. The van der Waals surface area contributed by atoms with Crippen LogP contribution < -0.4 is 0 Å². The summed E-state index contributed by atoms with van der Waals surface area (Å²) in [7, 11) is 1.32. The van der Waals surface area contributed by atoms with Gasteiger partial charge < -0.3 is 99.2 Å². The van der Waals surface area contributed by atoms with E-state index in [9.17, 15) is 66.1 Å². The van der Waals surface area contributed by atoms with Crippen LogP contribution in [0.3, 0.4) is 0 Å². The number of esters is 1. The van der Waals surface area contributed by atoms with Gasteiger partial charge in [0, 0.05) is 13.2 Å². The van der Waals surface area contributed by atoms with E-state index in [0.717, 1.165) is 12.1 Å². The highest BCUT2D eigenvalue weighted by Crippen LogP contribution is 2.34. The van der Waals surface area contributed by atoms with E-state index in [-0.39, 0.29) is 12.2 Å². The Morgan fingerprint density at radius 3 is 2.02 bits per heavy atom. The fourth-order valence-electron chi connectivity index (χ4n) is 6.32. The Morgan fingerprint density at radius 2 is 1.35 bits per heavy atom. The van der Waals surface area contributed by atoms with E-state index in [4.69, 9.17) is 37.9 Å². The lowest BCUT2D eigenvalue weighted by atomic mass is 9.96. The molecule has 21 heteroatoms. The number of hydrogen-bond acceptors (Lipinski definition) is 21. The maximum absolute atomic E-state index is 13.3. The van der Waals surface area contributed by atoms with E-state index in [0.29, 0.717) is 5.56 Å². The van der Waals surface area contributed by atoms with Crippen LogP contribution in [0.25, 0.3) is 6.08 Å². The number of ether oxygens (including phenoxy) is 8. The topological polar surface area (TPSA) is 334 Å². The quantitative estimate of drug-likeness (QED) is 0.0512. The van der Waals surface area contributed by atoms with Gasteiger partial charge in [-0.2, -0.15) is 0 Å². The number of phenols is 4. The summed E-state index contributed by atoms with van der Waals surface area (Å²) in [6.45, 7) is -0.121. The highest BCUT2D eigenvalue weighted by atomic mass is 16.7. The lowest BCUT2D eigenvalue weighted by molar-refractivity contribution is -0.360. The Bertz CT molecular complexity index is 1660. The minimum atomic E-state index is -1.90. The van der Waals surface area contributed by atoms with Crippen molar-refractivity contribution in [2.45, 2.75) is 105 Å². The van der Waals surface area contributed by atoms with Gasteiger partial charge in [-0.1, -0.05) is 12.1 Å². The summed E-state index contributed by atoms with van der Waals surface area (Å²) < 4.78 is 45.6. The third-order valence-corrected chi connectivity index (χ3v) is 9.70. The molecule has 16 atom stereocenters. The average Bonchev–Trinajstić information content (AvgIpc) is 3.18. The molecule has 318 valence electrons. The van der Waals surface area contributed by atoms with Crippen LogP contribution in [-0.4, -0.2) is 186 Å². The van der Waals surface area contributed by atoms with Crippen LogP contribution in [0.4, 0.5) is 0 Å². The average molecular weight is 817 g/mol. The predicted molar refractivity (Wildman–Crippen MR) is 186 cm³/mol. The lowest BCUT2D eigenvalue weighted by Crippen LogP contribution is -2.65. The highest BCUT2D eigenvalue weighted by Gasteiger charge is 2.53. The maximum Gasteiger partial charge on any atom is 0.331 e. The van der Waals surface area contributed by atoms with Crippen molar-refractivity contribution in [1.82, 2.24) is 0 Å². The van der Waals surface area contributed by atoms with Gasteiger partial charge >= 0.3 is 5.97 Å². The third-order valence-electron chi connectivity index (χ3n) is 9.70. The number of hydrogen-bond donors (Lipinski definition) is 12. The normalized spacial score (nSPS) is 36.6. The smallest absolute Gasteiger partial charge is 0.331 e. The molecule has 2 aromatic carbocycles. The van der Waals surface area contributed by atoms with E-state index in [1.54, 1.807) is 0 Å². The Balaban J connectivity index is 1.43. The molecule has 0 spiro atoms. The number of carbonyl (C=O) groups is 1. The van der Waals surface area contributed by atoms with Gasteiger partial charge in [-0.3, -0.25) is 0 Å². The van der Waals surface area contributed by atoms with Gasteiger partial charge in [0.05, 0.1) is 25.9 Å². The number of aromatic hydroxyl groups is 4. The summed E-state index contributed by atoms with van der Waals surface area (Å²) in [5.41, 5.74) is 0.603. The first kappa shape index (κ1) is 44.4. The van der Waals surface area contributed by atoms with Crippen LogP contribution in [-0.2, 0) is 42.7 Å². The standard InChI is InChI=1S/C36H48O21/c1-14-25(42)27(44)30(47)36(53-14)57-33-31(48)35(52-13-21(50-2)16-5-7-18(38)20(40)10-16)55-23(12-51-11-22-26(43)28(45)29(46)34(49)54-22)32(33)56-24(41)8-4-15-3-6-17(37)19(39)9-15/h3-10,14,21-23,25-40,42-49H,11-13H2,1-2H3/t14-,21+,22+,23+,25-,26+,27+,28-,29+,30+,31+,32+,33+,34-,35+,36-/m0/s1. The van der Waals surface area contributed by atoms with E-state index in [1.165, 1.54) is 50.4 Å². The molecule has 0 amide bonds. The first-order valence-corrected chi connectivity index (χ1v) is 17.7. The highest BCUT2D eigenvalue weighted by molar-refractivity contribution is 5.87. The SMILES string of the molecule is CO[C@H](CO[C@@H]1O[C@H](COC[C@H]2O[C@H](O)[C@H](O)[C@@H](O)[C@@H]2O)[C@@H](OC(=O)C=Cc2ccc(O)c(O)c2)[C@H](O[C@@H]2O[C@@H](C)[C@H](O)[C@@H](O)[C@H]2O)[C@H]1O)c1ccc(O)c(O)c1. The molecule has 0 unspecified atom stereocenters. The molecule has 3 aliphatic rings. The minimum Gasteiger partial charge on any atom is -0.504 e. The molecule has 21 nitrogen and oxygen atoms in total. The third kappa shape index (κ3) is 10.5. The molecule has 3 heterocycles. The molecular weight excluding hydrogens is 768 g/mol. The van der Waals surface area contributed by atoms with E-state index < -0.39 is 140 Å². The second-order valence-electron chi connectivity index (χ2n) is 13.7. The van der Waals surface area contributed by atoms with Crippen LogP contribution in [0, 0.1) is 0 Å². The molecule has 3 fully saturated rings. The number of rotatable bonds is 14. The second-order valence-corrected chi connectivity index (χ2v) is 13.7. The van der Waals surface area contributed by atoms with Crippen molar-refractivity contribution in [2.24, 2.45) is 0 Å². The van der Waals surface area contributed by atoms with Gasteiger partial charge in [-0.25, -0.2) is 4.79 Å². The fraction of sp³-hybridized carbons (Fsp3) is 0.583. The molecule has 12 N–H and O–H groups in total. The van der Waals surface area contributed by atoms with Gasteiger partial charge in [0.1, 0.15) is 67.1 Å². The monoisotopic (exact) mass is 816 g/mol. The molecule has 0 bridgehead atoms. The van der Waals surface area contributed by atoms with Gasteiger partial charge in [-0.15, -0.1) is 0 Å². The first-order chi connectivity index (χ1) is 27.0. The van der Waals surface area contributed by atoms with Crippen molar-refractivity contribution in [1.29, 1.82) is 0 Å². The minimum absolute atomic E-state index is 0.263. The van der Waals surface area contributed by atoms with Crippen molar-refractivity contribution in [3.05, 3.63) is 53.6 Å². The number of carbonyl (C=O) groups excluding carboxylic acids is 1. The Kier molecular flexibility index (Phi) is 15.0. The summed E-state index contributed by atoms with van der Waals surface area (Å²) in [4.78, 5) is 13.3. The van der Waals surface area contributed by atoms with E-state index in [1.807, 2.05) is 0 Å². The molecule has 0 aromatic heterocycles. The van der Waals surface area contributed by atoms with Gasteiger partial charge in [-0.05, 0) is 48.4 Å². The lowest BCUT2D eigenvalue weighted by Gasteiger charge is -2.47. The zero-order valence-corrected chi connectivity index (χ0v) is 30.5. The van der Waals surface area contributed by atoms with Crippen LogP contribution in [0.1, 0.15) is 24.2 Å². The van der Waals surface area contributed by atoms with Gasteiger partial charge in [0.25, 0.3) is 0 Å². The molecule has 0 aliphatic carbocycles. The number of aliphatic hydroxyl groups excluding tert-OH is 8. The molecule has 0 radical (unpaired) electrons. The molecule has 3 saturated heterocycles. The molecule has 3 aliphatic heterocycles. The predicted octanol–water partition coefficient (Wildman–Crippen LogP) is -3.05. The second kappa shape index (κ2) is 19.3. The number of aliphatic hydroxyl groups is 8. The Labute approximate surface area is 324 Å². The van der Waals surface area contributed by atoms with Gasteiger partial charge in [0.2, 0.25) is 0 Å². The fourth-order valence-corrected chi connectivity index (χ4v) is 6.32. The summed E-state index contributed by atoms with van der Waals surface area (Å²) in [5.74, 6) is -2.81. The molecule has 5 rings (SSSR count). The van der Waals surface area contributed by atoms with Crippen molar-refractivity contribution >= 4 is 12.0 Å². The van der Waals surface area contributed by atoms with Gasteiger partial charge in [0.15, 0.2) is 48.0 Å². The summed E-state index contributed by atoms with van der Waals surface area (Å²) in [6, 6.07) is 7.57. The van der Waals surface area contributed by atoms with Crippen LogP contribution in [0.15, 0.2) is 42.5 Å². The van der Waals surface area contributed by atoms with Crippen molar-refractivity contribution < 1.29 is 104 Å². The van der Waals surface area contributed by atoms with E-state index >= 15 is 0 Å². The molecular formula is C36H48O21.